The zero-order valence-electron chi connectivity index (χ0n) is 17.4. The fraction of sp³-hybridized carbons (Fsp3) is 0.211. The van der Waals surface area contributed by atoms with Crippen LogP contribution in [0.1, 0.15) is 21.6 Å². The van der Waals surface area contributed by atoms with Crippen molar-refractivity contribution in [2.24, 2.45) is 0 Å². The average molecular weight is 558 g/mol. The van der Waals surface area contributed by atoms with Crippen LogP contribution in [0.2, 0.25) is 0 Å². The number of amides is 1. The number of aryl methyl sites for hydroxylation is 1. The lowest BCUT2D eigenvalue weighted by molar-refractivity contribution is -0.384. The summed E-state index contributed by atoms with van der Waals surface area (Å²) in [4.78, 5) is 30.4. The normalized spacial score (nSPS) is 12.5. The van der Waals surface area contributed by atoms with Crippen molar-refractivity contribution in [2.45, 2.75) is 34.2 Å². The van der Waals surface area contributed by atoms with Crippen LogP contribution in [-0.2, 0) is 5.92 Å². The van der Waals surface area contributed by atoms with Crippen molar-refractivity contribution in [1.82, 2.24) is 9.97 Å². The second kappa shape index (κ2) is 9.61. The highest BCUT2D eigenvalue weighted by Crippen LogP contribution is 2.51. The third-order valence-corrected chi connectivity index (χ3v) is 6.53. The smallest absolute Gasteiger partial charge is 0.304 e. The van der Waals surface area contributed by atoms with Crippen molar-refractivity contribution in [3.05, 3.63) is 68.6 Å². The van der Waals surface area contributed by atoms with E-state index in [-0.39, 0.29) is 22.7 Å². The van der Waals surface area contributed by atoms with Gasteiger partial charge < -0.3 is 5.32 Å². The molecule has 0 spiro atoms. The largest absolute Gasteiger partial charge is 0.460 e. The maximum Gasteiger partial charge on any atom is 0.460 e. The molecule has 0 bridgehead atoms. The molecule has 36 heavy (non-hydrogen) atoms. The van der Waals surface area contributed by atoms with Crippen LogP contribution >= 0.6 is 23.1 Å². The predicted molar refractivity (Wildman–Crippen MR) is 111 cm³/mol. The molecule has 192 valence electrons. The number of nitro groups is 1. The number of halogens is 8. The lowest BCUT2D eigenvalue weighted by Gasteiger charge is -2.28. The summed E-state index contributed by atoms with van der Waals surface area (Å²) in [7, 11) is 0. The number of rotatable bonds is 7. The lowest BCUT2D eigenvalue weighted by atomic mass is 10.0. The van der Waals surface area contributed by atoms with Gasteiger partial charge in [0, 0.05) is 39.9 Å². The van der Waals surface area contributed by atoms with Gasteiger partial charge in [-0.1, -0.05) is 11.8 Å². The molecule has 0 saturated heterocycles. The average Bonchev–Trinajstić information content (AvgIpc) is 3.18. The maximum absolute atomic E-state index is 14.3. The minimum atomic E-state index is -6.65. The SMILES string of the molecule is Cc1csc(Sc2ccc([N+](=O)[O-])cc2C(=O)Nc2ncc(C(F)(F)C(F)(F)C(F)(F)F)cc2F)n1. The number of carbonyl (C=O) groups excluding carboxylic acids is 1. The number of anilines is 1. The molecule has 0 radical (unpaired) electrons. The van der Waals surface area contributed by atoms with Crippen LogP contribution in [0.15, 0.2) is 45.1 Å². The second-order valence-corrected chi connectivity index (χ2v) is 9.10. The molecule has 0 atom stereocenters. The summed E-state index contributed by atoms with van der Waals surface area (Å²) in [5, 5.41) is 14.6. The number of nitro benzene ring substituents is 1. The third-order valence-electron chi connectivity index (χ3n) is 4.40. The Hall–Kier alpha value is -3.34. The Labute approximate surface area is 203 Å². The molecule has 0 saturated carbocycles. The number of nitrogens with zero attached hydrogens (tertiary/aromatic N) is 3. The molecule has 0 unspecified atom stereocenters. The standard InChI is InChI=1S/C19H10F8N4O3S2/c1-8-7-35-16(29-8)36-13-3-2-10(31(33)34)5-11(13)15(32)30-14-12(20)4-9(6-28-14)17(21,22)18(23,24)19(25,26)27/h2-7H,1H3,(H,28,30,32). The number of thiazole rings is 1. The van der Waals surface area contributed by atoms with Gasteiger partial charge in [-0.25, -0.2) is 14.4 Å². The van der Waals surface area contributed by atoms with Crippen LogP contribution in [0.25, 0.3) is 0 Å². The molecular formula is C19H10F8N4O3S2. The van der Waals surface area contributed by atoms with E-state index < -0.39 is 51.7 Å². The molecule has 3 rings (SSSR count). The highest BCUT2D eigenvalue weighted by Gasteiger charge is 2.73. The molecule has 1 aromatic carbocycles. The number of carbonyl (C=O) groups is 1. The Morgan fingerprint density at radius 3 is 2.33 bits per heavy atom. The van der Waals surface area contributed by atoms with Crippen molar-refractivity contribution < 1.29 is 44.8 Å². The van der Waals surface area contributed by atoms with E-state index in [2.05, 4.69) is 9.97 Å². The van der Waals surface area contributed by atoms with Crippen molar-refractivity contribution in [2.75, 3.05) is 5.32 Å². The van der Waals surface area contributed by atoms with E-state index in [1.165, 1.54) is 17.4 Å². The molecule has 3 aromatic rings. The van der Waals surface area contributed by atoms with Gasteiger partial charge in [-0.3, -0.25) is 14.9 Å². The first kappa shape index (κ1) is 27.3. The Balaban J connectivity index is 1.94. The number of hydrogen-bond acceptors (Lipinski definition) is 7. The van der Waals surface area contributed by atoms with Gasteiger partial charge in [-0.05, 0) is 19.1 Å². The van der Waals surface area contributed by atoms with Gasteiger partial charge in [-0.15, -0.1) is 11.3 Å². The van der Waals surface area contributed by atoms with E-state index in [0.717, 1.165) is 23.9 Å². The number of pyridine rings is 1. The Bertz CT molecular complexity index is 1330. The lowest BCUT2D eigenvalue weighted by Crippen LogP contribution is -2.50. The second-order valence-electron chi connectivity index (χ2n) is 6.95. The fourth-order valence-corrected chi connectivity index (χ4v) is 4.51. The first-order chi connectivity index (χ1) is 16.5. The predicted octanol–water partition coefficient (Wildman–Crippen LogP) is 6.59. The van der Waals surface area contributed by atoms with Crippen LogP contribution in [0.3, 0.4) is 0 Å². The van der Waals surface area contributed by atoms with E-state index >= 15 is 0 Å². The molecule has 7 nitrogen and oxygen atoms in total. The molecule has 1 amide bonds. The van der Waals surface area contributed by atoms with Crippen LogP contribution in [0, 0.1) is 22.9 Å². The summed E-state index contributed by atoms with van der Waals surface area (Å²) in [5.74, 6) is -16.6. The summed E-state index contributed by atoms with van der Waals surface area (Å²) < 4.78 is 106. The van der Waals surface area contributed by atoms with Crippen molar-refractivity contribution in [3.63, 3.8) is 0 Å². The molecule has 0 aliphatic rings. The summed E-state index contributed by atoms with van der Waals surface area (Å²) in [6.07, 6.45) is -6.80. The van der Waals surface area contributed by atoms with Gasteiger partial charge in [0.05, 0.1) is 10.5 Å². The number of aromatic nitrogens is 2. The van der Waals surface area contributed by atoms with Crippen molar-refractivity contribution in [3.8, 4) is 0 Å². The summed E-state index contributed by atoms with van der Waals surface area (Å²) in [6.45, 7) is 1.69. The van der Waals surface area contributed by atoms with E-state index in [0.29, 0.717) is 10.0 Å². The molecule has 2 aromatic heterocycles. The molecule has 17 heteroatoms. The number of nitrogens with one attached hydrogen (secondary N) is 1. The molecule has 0 fully saturated rings. The Morgan fingerprint density at radius 1 is 1.14 bits per heavy atom. The minimum Gasteiger partial charge on any atom is -0.304 e. The zero-order chi connectivity index (χ0) is 27.1. The number of hydrogen-bond donors (Lipinski definition) is 1. The van der Waals surface area contributed by atoms with Gasteiger partial charge in [0.25, 0.3) is 11.6 Å². The Morgan fingerprint density at radius 2 is 1.81 bits per heavy atom. The van der Waals surface area contributed by atoms with Gasteiger partial charge in [0.15, 0.2) is 16.0 Å². The van der Waals surface area contributed by atoms with Gasteiger partial charge in [0.2, 0.25) is 0 Å². The minimum absolute atomic E-state index is 0.126. The monoisotopic (exact) mass is 558 g/mol. The van der Waals surface area contributed by atoms with E-state index in [1.54, 1.807) is 12.3 Å². The molecule has 0 aliphatic heterocycles. The van der Waals surface area contributed by atoms with Gasteiger partial charge in [0.1, 0.15) is 0 Å². The highest BCUT2D eigenvalue weighted by atomic mass is 32.2. The van der Waals surface area contributed by atoms with Gasteiger partial charge >= 0.3 is 18.0 Å². The van der Waals surface area contributed by atoms with Crippen LogP contribution < -0.4 is 5.32 Å². The van der Waals surface area contributed by atoms with E-state index in [9.17, 15) is 50.0 Å². The van der Waals surface area contributed by atoms with Gasteiger partial charge in [-0.2, -0.15) is 30.7 Å². The summed E-state index contributed by atoms with van der Waals surface area (Å²) in [5.41, 5.74) is -2.35. The topological polar surface area (TPSA) is 98.0 Å². The number of alkyl halides is 7. The molecule has 2 heterocycles. The van der Waals surface area contributed by atoms with Crippen molar-refractivity contribution in [1.29, 1.82) is 0 Å². The third kappa shape index (κ3) is 5.25. The fourth-order valence-electron chi connectivity index (χ4n) is 2.61. The zero-order valence-corrected chi connectivity index (χ0v) is 19.0. The van der Waals surface area contributed by atoms with Crippen LogP contribution in [0.4, 0.5) is 46.6 Å². The summed E-state index contributed by atoms with van der Waals surface area (Å²) >= 11 is 2.12. The first-order valence-corrected chi connectivity index (χ1v) is 10.9. The Kier molecular flexibility index (Phi) is 7.27. The van der Waals surface area contributed by atoms with Crippen molar-refractivity contribution >= 4 is 40.5 Å². The van der Waals surface area contributed by atoms with Crippen LogP contribution in [-0.4, -0.2) is 32.9 Å². The molecule has 0 aliphatic carbocycles. The molecular weight excluding hydrogens is 548 g/mol. The molecule has 1 N–H and O–H groups in total. The maximum atomic E-state index is 14.3. The first-order valence-electron chi connectivity index (χ1n) is 9.22. The quantitative estimate of drug-likeness (QED) is 0.200. The van der Waals surface area contributed by atoms with Crippen LogP contribution in [0.5, 0.6) is 0 Å². The van der Waals surface area contributed by atoms with E-state index in [4.69, 9.17) is 0 Å². The summed E-state index contributed by atoms with van der Waals surface area (Å²) in [6, 6.07) is 2.80. The van der Waals surface area contributed by atoms with E-state index in [1.807, 2.05) is 5.32 Å². The number of non-ortho nitro benzene ring substituents is 1. The number of benzene rings is 1. The highest BCUT2D eigenvalue weighted by molar-refractivity contribution is 8.01.